The molecule has 0 saturated carbocycles. The van der Waals surface area contributed by atoms with Crippen LogP contribution in [-0.4, -0.2) is 6.61 Å². The van der Waals surface area contributed by atoms with E-state index in [2.05, 4.69) is 12.6 Å². The first-order valence-electron chi connectivity index (χ1n) is 3.63. The maximum absolute atomic E-state index is 5.34. The third-order valence-corrected chi connectivity index (χ3v) is 1.37. The van der Waals surface area contributed by atoms with Gasteiger partial charge in [-0.15, -0.1) is 0 Å². The monoisotopic (exact) mass is 147 g/mol. The summed E-state index contributed by atoms with van der Waals surface area (Å²) in [7, 11) is 0. The Morgan fingerprint density at radius 3 is 3.18 bits per heavy atom. The van der Waals surface area contributed by atoms with Crippen molar-refractivity contribution in [1.82, 2.24) is 0 Å². The van der Waals surface area contributed by atoms with Crippen molar-refractivity contribution in [2.24, 2.45) is 0 Å². The molecule has 1 aromatic carbocycles. The molecule has 0 saturated heterocycles. The Morgan fingerprint density at radius 2 is 2.55 bits per heavy atom. The lowest BCUT2D eigenvalue weighted by Gasteiger charge is -2.04. The molecule has 11 heavy (non-hydrogen) atoms. The highest BCUT2D eigenvalue weighted by molar-refractivity contribution is 5.54. The van der Waals surface area contributed by atoms with Gasteiger partial charge in [-0.1, -0.05) is 18.7 Å². The molecule has 1 heteroatoms. The summed E-state index contributed by atoms with van der Waals surface area (Å²) in [5.41, 5.74) is 0.995. The molecule has 0 atom stereocenters. The minimum absolute atomic E-state index is 0.685. The van der Waals surface area contributed by atoms with Crippen molar-refractivity contribution in [3.05, 3.63) is 36.4 Å². The molecule has 0 aliphatic heterocycles. The summed E-state index contributed by atoms with van der Waals surface area (Å²) in [6.07, 6.45) is 1.77. The van der Waals surface area contributed by atoms with E-state index in [4.69, 9.17) is 4.74 Å². The van der Waals surface area contributed by atoms with Crippen LogP contribution >= 0.6 is 0 Å². The highest BCUT2D eigenvalue weighted by Crippen LogP contribution is 2.17. The summed E-state index contributed by atoms with van der Waals surface area (Å²) < 4.78 is 5.34. The van der Waals surface area contributed by atoms with Gasteiger partial charge in [-0.05, 0) is 25.1 Å². The van der Waals surface area contributed by atoms with Crippen molar-refractivity contribution >= 4 is 6.08 Å². The predicted octanol–water partition coefficient (Wildman–Crippen LogP) is 2.53. The molecule has 0 heterocycles. The first-order valence-corrected chi connectivity index (χ1v) is 3.63. The van der Waals surface area contributed by atoms with Crippen molar-refractivity contribution in [3.63, 3.8) is 0 Å². The smallest absolute Gasteiger partial charge is 0.126 e. The van der Waals surface area contributed by atoms with Gasteiger partial charge in [0, 0.05) is 5.56 Å². The van der Waals surface area contributed by atoms with Crippen LogP contribution in [0, 0.1) is 6.07 Å². The van der Waals surface area contributed by atoms with Crippen molar-refractivity contribution in [1.29, 1.82) is 0 Å². The molecule has 1 nitrogen and oxygen atoms in total. The molecule has 0 spiro atoms. The highest BCUT2D eigenvalue weighted by atomic mass is 16.5. The van der Waals surface area contributed by atoms with Gasteiger partial charge in [-0.3, -0.25) is 0 Å². The van der Waals surface area contributed by atoms with E-state index < -0.39 is 0 Å². The Hall–Kier alpha value is -1.24. The molecule has 57 valence electrons. The van der Waals surface area contributed by atoms with Crippen LogP contribution < -0.4 is 4.74 Å². The summed E-state index contributed by atoms with van der Waals surface area (Å²) in [6, 6.07) is 8.54. The fourth-order valence-electron chi connectivity index (χ4n) is 0.876. The quantitative estimate of drug-likeness (QED) is 0.638. The zero-order valence-electron chi connectivity index (χ0n) is 6.63. The fourth-order valence-corrected chi connectivity index (χ4v) is 0.876. The van der Waals surface area contributed by atoms with E-state index in [0.29, 0.717) is 6.61 Å². The minimum atomic E-state index is 0.685. The van der Waals surface area contributed by atoms with Crippen LogP contribution in [0.25, 0.3) is 6.08 Å². The van der Waals surface area contributed by atoms with Crippen LogP contribution in [0.2, 0.25) is 0 Å². The Labute approximate surface area is 67.3 Å². The highest BCUT2D eigenvalue weighted by Gasteiger charge is 1.95. The Bertz CT molecular complexity index is 240. The van der Waals surface area contributed by atoms with Crippen LogP contribution in [0.4, 0.5) is 0 Å². The molecule has 1 radical (unpaired) electrons. The van der Waals surface area contributed by atoms with E-state index in [1.807, 2.05) is 25.1 Å². The second kappa shape index (κ2) is 3.81. The second-order valence-electron chi connectivity index (χ2n) is 2.10. The van der Waals surface area contributed by atoms with Crippen molar-refractivity contribution in [2.45, 2.75) is 6.92 Å². The fraction of sp³-hybridized carbons (Fsp3) is 0.200. The Balaban J connectivity index is 2.92. The maximum atomic E-state index is 5.34. The summed E-state index contributed by atoms with van der Waals surface area (Å²) in [4.78, 5) is 0. The zero-order valence-corrected chi connectivity index (χ0v) is 6.63. The van der Waals surface area contributed by atoms with E-state index in [-0.39, 0.29) is 0 Å². The first kappa shape index (κ1) is 7.86. The molecule has 0 fully saturated rings. The Kier molecular flexibility index (Phi) is 2.73. The van der Waals surface area contributed by atoms with Gasteiger partial charge < -0.3 is 4.74 Å². The largest absolute Gasteiger partial charge is 0.493 e. The molecule has 1 rings (SSSR count). The van der Waals surface area contributed by atoms with Gasteiger partial charge in [-0.25, -0.2) is 0 Å². The lowest BCUT2D eigenvalue weighted by Crippen LogP contribution is -1.92. The van der Waals surface area contributed by atoms with E-state index in [1.54, 1.807) is 6.08 Å². The molecule has 0 N–H and O–H groups in total. The van der Waals surface area contributed by atoms with E-state index in [0.717, 1.165) is 11.3 Å². The normalized spacial score (nSPS) is 9.18. The number of hydrogen-bond donors (Lipinski definition) is 0. The van der Waals surface area contributed by atoms with E-state index in [9.17, 15) is 0 Å². The van der Waals surface area contributed by atoms with Gasteiger partial charge in [0.25, 0.3) is 0 Å². The summed E-state index contributed by atoms with van der Waals surface area (Å²) >= 11 is 0. The SMILES string of the molecule is C=Cc1c[c]ccc1OCC. The molecule has 0 aliphatic carbocycles. The van der Waals surface area contributed by atoms with Gasteiger partial charge in [0.05, 0.1) is 6.61 Å². The topological polar surface area (TPSA) is 9.23 Å². The average molecular weight is 147 g/mol. The molecule has 0 bridgehead atoms. The van der Waals surface area contributed by atoms with Crippen LogP contribution in [0.1, 0.15) is 12.5 Å². The van der Waals surface area contributed by atoms with Crippen molar-refractivity contribution < 1.29 is 4.74 Å². The van der Waals surface area contributed by atoms with Crippen LogP contribution in [0.5, 0.6) is 5.75 Å². The van der Waals surface area contributed by atoms with Crippen molar-refractivity contribution in [2.75, 3.05) is 6.61 Å². The third kappa shape index (κ3) is 1.84. The van der Waals surface area contributed by atoms with E-state index in [1.165, 1.54) is 0 Å². The molecule has 0 aliphatic rings. The molecular formula is C10H11O. The molecule has 1 aromatic rings. The third-order valence-electron chi connectivity index (χ3n) is 1.37. The van der Waals surface area contributed by atoms with Crippen LogP contribution in [-0.2, 0) is 0 Å². The van der Waals surface area contributed by atoms with Crippen LogP contribution in [0.3, 0.4) is 0 Å². The second-order valence-corrected chi connectivity index (χ2v) is 2.10. The molecule has 0 aromatic heterocycles. The first-order chi connectivity index (χ1) is 5.38. The Morgan fingerprint density at radius 1 is 1.73 bits per heavy atom. The lowest BCUT2D eigenvalue weighted by molar-refractivity contribution is 0.339. The molecular weight excluding hydrogens is 136 g/mol. The van der Waals surface area contributed by atoms with Gasteiger partial charge in [0.1, 0.15) is 5.75 Å². The molecule has 0 unspecified atom stereocenters. The van der Waals surface area contributed by atoms with Gasteiger partial charge in [0.15, 0.2) is 0 Å². The number of ether oxygens (including phenoxy) is 1. The molecule has 0 amide bonds. The number of rotatable bonds is 3. The average Bonchev–Trinajstić information content (AvgIpc) is 2.06. The predicted molar refractivity (Wildman–Crippen MR) is 46.5 cm³/mol. The summed E-state index contributed by atoms with van der Waals surface area (Å²) in [5.74, 6) is 0.876. The van der Waals surface area contributed by atoms with Gasteiger partial charge in [-0.2, -0.15) is 0 Å². The van der Waals surface area contributed by atoms with Crippen LogP contribution in [0.15, 0.2) is 24.8 Å². The maximum Gasteiger partial charge on any atom is 0.126 e. The van der Waals surface area contributed by atoms with Gasteiger partial charge in [0.2, 0.25) is 0 Å². The minimum Gasteiger partial charge on any atom is -0.493 e. The zero-order chi connectivity index (χ0) is 8.10. The summed E-state index contributed by atoms with van der Waals surface area (Å²) in [6.45, 7) is 6.32. The van der Waals surface area contributed by atoms with Gasteiger partial charge >= 0.3 is 0 Å². The number of benzene rings is 1. The lowest BCUT2D eigenvalue weighted by atomic mass is 10.2. The summed E-state index contributed by atoms with van der Waals surface area (Å²) in [5, 5.41) is 0. The standard InChI is InChI=1S/C10H11O/c1-3-9-7-5-6-8-10(9)11-4-2/h3,6-8H,1,4H2,2H3. The van der Waals surface area contributed by atoms with Crippen molar-refractivity contribution in [3.8, 4) is 5.75 Å². The van der Waals surface area contributed by atoms with E-state index >= 15 is 0 Å². The number of hydrogen-bond acceptors (Lipinski definition) is 1.